The number of benzene rings is 3. The first kappa shape index (κ1) is 28.6. The molecule has 2 aliphatic heterocycles. The van der Waals surface area contributed by atoms with Gasteiger partial charge in [0.15, 0.2) is 5.52 Å². The van der Waals surface area contributed by atoms with Gasteiger partial charge in [0.25, 0.3) is 11.8 Å². The maximum absolute atomic E-state index is 14.4. The molecular formula is C31H26F2N6O6. The van der Waals surface area contributed by atoms with Crippen molar-refractivity contribution in [1.82, 2.24) is 20.1 Å². The quantitative estimate of drug-likeness (QED) is 0.152. The highest BCUT2D eigenvalue weighted by molar-refractivity contribution is 6.21. The second-order valence-corrected chi connectivity index (χ2v) is 11.6. The lowest BCUT2D eigenvalue weighted by Gasteiger charge is -2.34. The fourth-order valence-electron chi connectivity index (χ4n) is 6.32. The van der Waals surface area contributed by atoms with Gasteiger partial charge in [-0.3, -0.25) is 39.2 Å². The molecule has 3 aliphatic rings. The number of anilines is 2. The van der Waals surface area contributed by atoms with Crippen LogP contribution in [0.4, 0.5) is 25.8 Å². The van der Waals surface area contributed by atoms with Crippen molar-refractivity contribution < 1.29 is 32.7 Å². The lowest BCUT2D eigenvalue weighted by molar-refractivity contribution is -0.383. The first-order valence-electron chi connectivity index (χ1n) is 14.6. The monoisotopic (exact) mass is 616 g/mol. The molecule has 1 saturated heterocycles. The van der Waals surface area contributed by atoms with Gasteiger partial charge in [0.1, 0.15) is 11.6 Å². The summed E-state index contributed by atoms with van der Waals surface area (Å²) in [5, 5.41) is 19.2. The summed E-state index contributed by atoms with van der Waals surface area (Å²) in [7, 11) is 0. The average molecular weight is 617 g/mol. The highest BCUT2D eigenvalue weighted by atomic mass is 19.1. The van der Waals surface area contributed by atoms with E-state index in [2.05, 4.69) is 10.3 Å². The highest BCUT2D eigenvalue weighted by Crippen LogP contribution is 2.47. The maximum Gasteiger partial charge on any atom is 0.300 e. The summed E-state index contributed by atoms with van der Waals surface area (Å²) >= 11 is 0. The molecule has 14 heteroatoms. The van der Waals surface area contributed by atoms with Gasteiger partial charge < -0.3 is 0 Å². The molecule has 0 spiro atoms. The number of amides is 3. The van der Waals surface area contributed by atoms with E-state index in [0.29, 0.717) is 37.2 Å². The standard InChI is InChI=1S/C31H26F2N6O6/c32-19-6-7-23(21(14-19)18-4-5-18)38(24-8-9-25(39(43)44)29-28(24)34-45-35-29)26(40)16-36-12-10-17(11-13-36)15-37-30(41)20-2-1-3-22(33)27(20)31(37)42/h1-3,6-9,14,17-18H,4-5,10-13,15-16H2. The van der Waals surface area contributed by atoms with Gasteiger partial charge in [-0.2, -0.15) is 0 Å². The Balaban J connectivity index is 1.11. The Morgan fingerprint density at radius 3 is 2.42 bits per heavy atom. The van der Waals surface area contributed by atoms with Gasteiger partial charge in [-0.25, -0.2) is 13.4 Å². The van der Waals surface area contributed by atoms with Crippen LogP contribution in [-0.4, -0.2) is 68.9 Å². The number of nitrogens with zero attached hydrogens (tertiary/aromatic N) is 6. The van der Waals surface area contributed by atoms with Crippen LogP contribution in [0.2, 0.25) is 0 Å². The summed E-state index contributed by atoms with van der Waals surface area (Å²) in [5.41, 5.74) is 0.794. The molecule has 2 fully saturated rings. The third-order valence-corrected chi connectivity index (χ3v) is 8.76. The number of hydrogen-bond donors (Lipinski definition) is 0. The summed E-state index contributed by atoms with van der Waals surface area (Å²) < 4.78 is 33.5. The van der Waals surface area contributed by atoms with E-state index in [4.69, 9.17) is 4.63 Å². The van der Waals surface area contributed by atoms with E-state index >= 15 is 0 Å². The number of nitro groups is 1. The molecule has 3 heterocycles. The maximum atomic E-state index is 14.4. The third kappa shape index (κ3) is 5.10. The van der Waals surface area contributed by atoms with Crippen LogP contribution in [0.15, 0.2) is 53.2 Å². The van der Waals surface area contributed by atoms with Crippen molar-refractivity contribution in [2.75, 3.05) is 31.1 Å². The van der Waals surface area contributed by atoms with Crippen molar-refractivity contribution in [2.45, 2.75) is 31.6 Å². The average Bonchev–Trinajstić information content (AvgIpc) is 3.70. The van der Waals surface area contributed by atoms with Crippen LogP contribution in [0.1, 0.15) is 57.9 Å². The minimum absolute atomic E-state index is 0.0275. The largest absolute Gasteiger partial charge is 0.300 e. The number of hydrogen-bond acceptors (Lipinski definition) is 9. The second kappa shape index (κ2) is 11.1. The van der Waals surface area contributed by atoms with Crippen molar-refractivity contribution in [1.29, 1.82) is 0 Å². The molecule has 45 heavy (non-hydrogen) atoms. The molecule has 1 aromatic heterocycles. The van der Waals surface area contributed by atoms with Crippen LogP contribution in [0, 0.1) is 27.7 Å². The lowest BCUT2D eigenvalue weighted by atomic mass is 9.96. The number of carbonyl (C=O) groups excluding carboxylic acids is 3. The zero-order valence-electron chi connectivity index (χ0n) is 23.8. The number of aromatic nitrogens is 2. The molecule has 0 N–H and O–H groups in total. The zero-order valence-corrected chi connectivity index (χ0v) is 23.8. The molecule has 0 radical (unpaired) electrons. The topological polar surface area (TPSA) is 143 Å². The zero-order chi connectivity index (χ0) is 31.4. The molecule has 0 bridgehead atoms. The van der Waals surface area contributed by atoms with Crippen molar-refractivity contribution in [3.05, 3.63) is 87.0 Å². The molecule has 7 rings (SSSR count). The Hall–Kier alpha value is -5.11. The number of imide groups is 1. The van der Waals surface area contributed by atoms with Gasteiger partial charge in [-0.05, 0) is 103 Å². The fraction of sp³-hybridized carbons (Fsp3) is 0.323. The number of likely N-dealkylation sites (tertiary alicyclic amines) is 1. The van der Waals surface area contributed by atoms with E-state index < -0.39 is 28.4 Å². The predicted octanol–water partition coefficient (Wildman–Crippen LogP) is 4.96. The molecule has 230 valence electrons. The number of halogens is 2. The van der Waals surface area contributed by atoms with Crippen molar-refractivity contribution in [3.63, 3.8) is 0 Å². The van der Waals surface area contributed by atoms with Crippen LogP contribution in [0.5, 0.6) is 0 Å². The Morgan fingerprint density at radius 1 is 0.978 bits per heavy atom. The van der Waals surface area contributed by atoms with Crippen molar-refractivity contribution >= 4 is 45.8 Å². The van der Waals surface area contributed by atoms with E-state index in [1.54, 1.807) is 0 Å². The van der Waals surface area contributed by atoms with Crippen LogP contribution in [-0.2, 0) is 4.79 Å². The van der Waals surface area contributed by atoms with E-state index in [-0.39, 0.29) is 64.4 Å². The molecule has 1 aliphatic carbocycles. The molecule has 3 aromatic carbocycles. The first-order chi connectivity index (χ1) is 21.7. The fourth-order valence-corrected chi connectivity index (χ4v) is 6.32. The number of nitro benzene ring substituents is 1. The van der Waals surface area contributed by atoms with Gasteiger partial charge in [-0.1, -0.05) is 6.07 Å². The molecular weight excluding hydrogens is 590 g/mol. The second-order valence-electron chi connectivity index (χ2n) is 11.6. The SMILES string of the molecule is O=C1c2cccc(F)c2C(=O)N1CC1CCN(CC(=O)N(c2ccc(F)cc2C2CC2)c2ccc([N+](=O)[O-])c3nonc23)CC1. The summed E-state index contributed by atoms with van der Waals surface area (Å²) in [6, 6.07) is 10.9. The number of non-ortho nitro benzene ring substituents is 1. The van der Waals surface area contributed by atoms with Gasteiger partial charge in [0.05, 0.1) is 34.0 Å². The van der Waals surface area contributed by atoms with Gasteiger partial charge in [0, 0.05) is 12.6 Å². The number of carbonyl (C=O) groups is 3. The molecule has 0 atom stereocenters. The van der Waals surface area contributed by atoms with Crippen LogP contribution in [0.25, 0.3) is 11.0 Å². The normalized spacial score (nSPS) is 17.2. The summed E-state index contributed by atoms with van der Waals surface area (Å²) in [5.74, 6) is -2.63. The summed E-state index contributed by atoms with van der Waals surface area (Å²) in [4.78, 5) is 55.2. The van der Waals surface area contributed by atoms with Crippen LogP contribution < -0.4 is 4.90 Å². The Morgan fingerprint density at radius 2 is 1.71 bits per heavy atom. The van der Waals surface area contributed by atoms with E-state index in [1.165, 1.54) is 47.4 Å². The van der Waals surface area contributed by atoms with Crippen LogP contribution >= 0.6 is 0 Å². The Bertz CT molecular complexity index is 1880. The molecule has 12 nitrogen and oxygen atoms in total. The van der Waals surface area contributed by atoms with Gasteiger partial charge >= 0.3 is 5.69 Å². The predicted molar refractivity (Wildman–Crippen MR) is 155 cm³/mol. The van der Waals surface area contributed by atoms with E-state index in [9.17, 15) is 33.3 Å². The van der Waals surface area contributed by atoms with Crippen LogP contribution in [0.3, 0.4) is 0 Å². The summed E-state index contributed by atoms with van der Waals surface area (Å²) in [6.45, 7) is 1.10. The Kier molecular flexibility index (Phi) is 7.07. The molecule has 4 aromatic rings. The smallest absolute Gasteiger partial charge is 0.294 e. The number of rotatable bonds is 8. The first-order valence-corrected chi connectivity index (χ1v) is 14.6. The van der Waals surface area contributed by atoms with Crippen molar-refractivity contribution in [3.8, 4) is 0 Å². The molecule has 0 unspecified atom stereocenters. The van der Waals surface area contributed by atoms with E-state index in [0.717, 1.165) is 23.8 Å². The number of piperidine rings is 1. The van der Waals surface area contributed by atoms with E-state index in [1.807, 2.05) is 4.90 Å². The van der Waals surface area contributed by atoms with Gasteiger partial charge in [-0.15, -0.1) is 0 Å². The Labute approximate surface area is 254 Å². The van der Waals surface area contributed by atoms with Gasteiger partial charge in [0.2, 0.25) is 11.4 Å². The molecule has 3 amide bonds. The highest BCUT2D eigenvalue weighted by Gasteiger charge is 2.40. The minimum Gasteiger partial charge on any atom is -0.294 e. The lowest BCUT2D eigenvalue weighted by Crippen LogP contribution is -2.44. The minimum atomic E-state index is -0.719. The number of fused-ring (bicyclic) bond motifs is 2. The molecule has 1 saturated carbocycles. The van der Waals surface area contributed by atoms with Crippen molar-refractivity contribution in [2.24, 2.45) is 5.92 Å². The third-order valence-electron chi connectivity index (χ3n) is 8.76. The summed E-state index contributed by atoms with van der Waals surface area (Å²) in [6.07, 6.45) is 2.85.